The van der Waals surface area contributed by atoms with E-state index in [4.69, 9.17) is 0 Å². The predicted molar refractivity (Wildman–Crippen MR) is 129 cm³/mol. The van der Waals surface area contributed by atoms with Gasteiger partial charge in [0.05, 0.1) is 11.8 Å². The van der Waals surface area contributed by atoms with E-state index in [0.717, 1.165) is 24.3 Å². The first kappa shape index (κ1) is 22.9. The highest BCUT2D eigenvalue weighted by molar-refractivity contribution is 6.05. The Balaban J connectivity index is 1.49. The van der Waals surface area contributed by atoms with E-state index in [1.807, 2.05) is 44.2 Å². The van der Waals surface area contributed by atoms with Crippen LogP contribution in [0.25, 0.3) is 17.2 Å². The van der Waals surface area contributed by atoms with Crippen LogP contribution in [0, 0.1) is 11.3 Å². The van der Waals surface area contributed by atoms with Crippen LogP contribution in [0.2, 0.25) is 0 Å². The van der Waals surface area contributed by atoms with Crippen molar-refractivity contribution in [2.45, 2.75) is 19.9 Å². The first-order chi connectivity index (χ1) is 16.4. The number of rotatable bonds is 6. The van der Waals surface area contributed by atoms with Crippen LogP contribution in [0.1, 0.15) is 29.8 Å². The number of aromatic nitrogens is 3. The van der Waals surface area contributed by atoms with Gasteiger partial charge in [0.25, 0.3) is 11.8 Å². The van der Waals surface area contributed by atoms with Crippen LogP contribution in [0.5, 0.6) is 0 Å². The van der Waals surface area contributed by atoms with E-state index in [0.29, 0.717) is 35.6 Å². The van der Waals surface area contributed by atoms with Gasteiger partial charge in [0.2, 0.25) is 0 Å². The second kappa shape index (κ2) is 10.1. The maximum atomic E-state index is 12.6. The summed E-state index contributed by atoms with van der Waals surface area (Å²) in [6.45, 7) is 6.43. The molecule has 3 heterocycles. The minimum Gasteiger partial charge on any atom is -0.350 e. The van der Waals surface area contributed by atoms with E-state index < -0.39 is 0 Å². The molecule has 34 heavy (non-hydrogen) atoms. The Bertz CT molecular complexity index is 1260. The first-order valence-corrected chi connectivity index (χ1v) is 11.1. The molecule has 2 amide bonds. The molecule has 1 aliphatic rings. The quantitative estimate of drug-likeness (QED) is 0.328. The molecule has 3 aromatic rings. The zero-order chi connectivity index (χ0) is 24.1. The molecule has 10 heteroatoms. The van der Waals surface area contributed by atoms with Crippen molar-refractivity contribution in [2.24, 2.45) is 0 Å². The number of fused-ring (bicyclic) bond motifs is 1. The van der Waals surface area contributed by atoms with Crippen molar-refractivity contribution < 1.29 is 9.59 Å². The summed E-state index contributed by atoms with van der Waals surface area (Å²) in [5.74, 6) is 0.0201. The Kier molecular flexibility index (Phi) is 6.85. The summed E-state index contributed by atoms with van der Waals surface area (Å²) in [7, 11) is 0. The second-order valence-corrected chi connectivity index (χ2v) is 8.24. The van der Waals surface area contributed by atoms with Crippen molar-refractivity contribution in [3.63, 3.8) is 0 Å². The molecule has 0 spiro atoms. The molecule has 4 N–H and O–H groups in total. The van der Waals surface area contributed by atoms with Gasteiger partial charge in [-0.3, -0.25) is 9.59 Å². The topological polar surface area (TPSA) is 139 Å². The lowest BCUT2D eigenvalue weighted by Gasteiger charge is -2.27. The number of nitriles is 1. The third-order valence-corrected chi connectivity index (χ3v) is 5.29. The van der Waals surface area contributed by atoms with Gasteiger partial charge in [0.15, 0.2) is 5.65 Å². The number of nitrogens with zero attached hydrogens (tertiary/aromatic N) is 4. The minimum absolute atomic E-state index is 0.00739. The highest BCUT2D eigenvalue weighted by atomic mass is 16.2. The van der Waals surface area contributed by atoms with E-state index in [-0.39, 0.29) is 23.4 Å². The molecule has 2 aromatic heterocycles. The van der Waals surface area contributed by atoms with Gasteiger partial charge in [-0.25, -0.2) is 9.97 Å². The molecule has 0 bridgehead atoms. The second-order valence-electron chi connectivity index (χ2n) is 8.24. The summed E-state index contributed by atoms with van der Waals surface area (Å²) in [5.41, 5.74) is 3.04. The summed E-state index contributed by atoms with van der Waals surface area (Å²) in [6.07, 6.45) is 4.78. The van der Waals surface area contributed by atoms with Crippen molar-refractivity contribution in [2.75, 3.05) is 31.5 Å². The fourth-order valence-corrected chi connectivity index (χ4v) is 3.62. The Morgan fingerprint density at radius 3 is 2.62 bits per heavy atom. The molecule has 0 atom stereocenters. The Morgan fingerprint density at radius 2 is 1.94 bits per heavy atom. The molecular weight excluding hydrogens is 432 g/mol. The monoisotopic (exact) mass is 458 g/mol. The summed E-state index contributed by atoms with van der Waals surface area (Å²) in [5, 5.41) is 18.7. The largest absolute Gasteiger partial charge is 0.350 e. The van der Waals surface area contributed by atoms with Crippen LogP contribution in [0.3, 0.4) is 0 Å². The maximum Gasteiger partial charge on any atom is 0.264 e. The highest BCUT2D eigenvalue weighted by Crippen LogP contribution is 2.20. The van der Waals surface area contributed by atoms with Crippen LogP contribution in [0.15, 0.2) is 42.2 Å². The number of amides is 2. The number of aromatic amines is 1. The van der Waals surface area contributed by atoms with Crippen molar-refractivity contribution in [3.05, 3.63) is 53.4 Å². The van der Waals surface area contributed by atoms with E-state index in [1.165, 1.54) is 0 Å². The smallest absolute Gasteiger partial charge is 0.264 e. The normalized spacial score (nSPS) is 14.2. The summed E-state index contributed by atoms with van der Waals surface area (Å²) >= 11 is 0. The van der Waals surface area contributed by atoms with Gasteiger partial charge >= 0.3 is 0 Å². The van der Waals surface area contributed by atoms with Gasteiger partial charge in [0, 0.05) is 44.1 Å². The van der Waals surface area contributed by atoms with E-state index in [9.17, 15) is 14.9 Å². The van der Waals surface area contributed by atoms with Gasteiger partial charge in [-0.1, -0.05) is 12.1 Å². The van der Waals surface area contributed by atoms with Gasteiger partial charge in [-0.2, -0.15) is 5.26 Å². The molecule has 1 aliphatic heterocycles. The molecule has 1 aromatic carbocycles. The summed E-state index contributed by atoms with van der Waals surface area (Å²) in [6, 6.07) is 9.31. The average molecular weight is 459 g/mol. The maximum absolute atomic E-state index is 12.6. The number of anilines is 2. The van der Waals surface area contributed by atoms with Crippen LogP contribution in [-0.4, -0.2) is 63.9 Å². The van der Waals surface area contributed by atoms with Crippen molar-refractivity contribution in [3.8, 4) is 6.07 Å². The van der Waals surface area contributed by atoms with E-state index >= 15 is 0 Å². The molecule has 0 unspecified atom stereocenters. The standard InChI is InChI=1S/C24H26N8O2/c1-15(2)29-23(33)19-13-27-22-21(19)31-20(14-28-22)30-18-5-3-16(4-6-18)11-17(12-25)24(34)32-9-7-26-8-10-32/h3-6,11,13-15,26H,7-10H2,1-2H3,(H,27,28)(H,29,33)(H,30,31). The highest BCUT2D eigenvalue weighted by Gasteiger charge is 2.20. The average Bonchev–Trinajstić information content (AvgIpc) is 3.27. The molecule has 0 radical (unpaired) electrons. The Morgan fingerprint density at radius 1 is 1.21 bits per heavy atom. The molecule has 0 aliphatic carbocycles. The third-order valence-electron chi connectivity index (χ3n) is 5.29. The van der Waals surface area contributed by atoms with Crippen molar-refractivity contribution in [1.29, 1.82) is 5.26 Å². The van der Waals surface area contributed by atoms with Gasteiger partial charge in [-0.05, 0) is 37.6 Å². The van der Waals surface area contributed by atoms with E-state index in [2.05, 4.69) is 30.9 Å². The van der Waals surface area contributed by atoms with Crippen LogP contribution in [0.4, 0.5) is 11.5 Å². The molecular formula is C24H26N8O2. The number of piperazine rings is 1. The van der Waals surface area contributed by atoms with E-state index in [1.54, 1.807) is 23.4 Å². The van der Waals surface area contributed by atoms with Gasteiger partial charge < -0.3 is 25.8 Å². The number of carbonyl (C=O) groups is 2. The number of carbonyl (C=O) groups excluding carboxylic acids is 2. The van der Waals surface area contributed by atoms with Crippen LogP contribution in [-0.2, 0) is 4.79 Å². The molecule has 10 nitrogen and oxygen atoms in total. The zero-order valence-corrected chi connectivity index (χ0v) is 19.1. The van der Waals surface area contributed by atoms with Crippen molar-refractivity contribution >= 4 is 40.6 Å². The first-order valence-electron chi connectivity index (χ1n) is 11.1. The lowest BCUT2D eigenvalue weighted by Crippen LogP contribution is -2.46. The van der Waals surface area contributed by atoms with Gasteiger partial charge in [0.1, 0.15) is 23.0 Å². The number of benzene rings is 1. The van der Waals surface area contributed by atoms with Crippen LogP contribution >= 0.6 is 0 Å². The molecule has 0 saturated carbocycles. The predicted octanol–water partition coefficient (Wildman–Crippen LogP) is 2.18. The number of hydrogen-bond donors (Lipinski definition) is 4. The molecule has 1 fully saturated rings. The number of H-pyrrole nitrogens is 1. The Labute approximate surface area is 197 Å². The Hall–Kier alpha value is -4.23. The minimum atomic E-state index is -0.251. The van der Waals surface area contributed by atoms with Crippen molar-refractivity contribution in [1.82, 2.24) is 30.5 Å². The third kappa shape index (κ3) is 5.22. The number of hydrogen-bond acceptors (Lipinski definition) is 7. The fourth-order valence-electron chi connectivity index (χ4n) is 3.62. The van der Waals surface area contributed by atoms with Gasteiger partial charge in [-0.15, -0.1) is 0 Å². The lowest BCUT2D eigenvalue weighted by molar-refractivity contribution is -0.127. The zero-order valence-electron chi connectivity index (χ0n) is 19.1. The SMILES string of the molecule is CC(C)NC(=O)c1c[nH]c2ncc(Nc3ccc(C=C(C#N)C(=O)N4CCNCC4)cc3)nc12. The molecule has 174 valence electrons. The molecule has 4 rings (SSSR count). The van der Waals surface area contributed by atoms with Crippen LogP contribution < -0.4 is 16.0 Å². The fraction of sp³-hybridized carbons (Fsp3) is 0.292. The lowest BCUT2D eigenvalue weighted by atomic mass is 10.1. The summed E-state index contributed by atoms with van der Waals surface area (Å²) < 4.78 is 0. The molecule has 1 saturated heterocycles. The summed E-state index contributed by atoms with van der Waals surface area (Å²) in [4.78, 5) is 38.6. The number of nitrogens with one attached hydrogen (secondary N) is 4.